The van der Waals surface area contributed by atoms with Gasteiger partial charge in [-0.25, -0.2) is 4.98 Å². The Kier molecular flexibility index (Phi) is 3.66. The fourth-order valence-corrected chi connectivity index (χ4v) is 2.20. The number of hydrogen-bond donors (Lipinski definition) is 2. The lowest BCUT2D eigenvalue weighted by atomic mass is 10.2. The first kappa shape index (κ1) is 14.3. The van der Waals surface area contributed by atoms with Gasteiger partial charge in [0, 0.05) is 37.5 Å². The summed E-state index contributed by atoms with van der Waals surface area (Å²) in [4.78, 5) is 32.9. The summed E-state index contributed by atoms with van der Waals surface area (Å²) < 4.78 is 0. The van der Waals surface area contributed by atoms with E-state index in [2.05, 4.69) is 15.3 Å². The predicted octanol–water partition coefficient (Wildman–Crippen LogP) is 1.97. The second kappa shape index (κ2) is 5.63. The first-order valence-electron chi connectivity index (χ1n) is 7.23. The van der Waals surface area contributed by atoms with Crippen LogP contribution in [0.15, 0.2) is 35.1 Å². The van der Waals surface area contributed by atoms with Crippen LogP contribution in [0.4, 0.5) is 11.4 Å². The Morgan fingerprint density at radius 3 is 2.77 bits per heavy atom. The maximum Gasteiger partial charge on any atom is 0.274 e. The smallest absolute Gasteiger partial charge is 0.274 e. The van der Waals surface area contributed by atoms with Gasteiger partial charge in [0.05, 0.1) is 0 Å². The molecule has 0 atom stereocenters. The second-order valence-electron chi connectivity index (χ2n) is 5.69. The molecule has 1 amide bonds. The molecule has 0 spiro atoms. The largest absolute Gasteiger partial charge is 0.378 e. The zero-order valence-corrected chi connectivity index (χ0v) is 12.6. The van der Waals surface area contributed by atoms with Gasteiger partial charge in [-0.2, -0.15) is 0 Å². The number of hydrogen-bond acceptors (Lipinski definition) is 4. The Hall–Kier alpha value is -2.63. The summed E-state index contributed by atoms with van der Waals surface area (Å²) in [5.74, 6) is 0.529. The summed E-state index contributed by atoms with van der Waals surface area (Å²) in [7, 11) is 3.86. The summed E-state index contributed by atoms with van der Waals surface area (Å²) in [5.41, 5.74) is 1.52. The predicted molar refractivity (Wildman–Crippen MR) is 85.6 cm³/mol. The van der Waals surface area contributed by atoms with E-state index >= 15 is 0 Å². The molecule has 1 aliphatic carbocycles. The summed E-state index contributed by atoms with van der Waals surface area (Å²) in [6.07, 6.45) is 2.03. The van der Waals surface area contributed by atoms with E-state index in [1.165, 1.54) is 6.07 Å². The third-order valence-electron chi connectivity index (χ3n) is 3.58. The minimum absolute atomic E-state index is 0.154. The van der Waals surface area contributed by atoms with Crippen molar-refractivity contribution in [2.24, 2.45) is 0 Å². The van der Waals surface area contributed by atoms with E-state index in [-0.39, 0.29) is 23.1 Å². The van der Waals surface area contributed by atoms with Crippen LogP contribution in [0.3, 0.4) is 0 Å². The highest BCUT2D eigenvalue weighted by molar-refractivity contribution is 6.03. The first-order valence-corrected chi connectivity index (χ1v) is 7.23. The fourth-order valence-electron chi connectivity index (χ4n) is 2.20. The minimum atomic E-state index is -0.371. The van der Waals surface area contributed by atoms with Gasteiger partial charge in [-0.15, -0.1) is 0 Å². The van der Waals surface area contributed by atoms with Crippen molar-refractivity contribution in [3.05, 3.63) is 52.2 Å². The van der Waals surface area contributed by atoms with Gasteiger partial charge in [0.2, 0.25) is 0 Å². The molecular formula is C16H18N4O2. The number of rotatable bonds is 4. The number of carbonyl (C=O) groups is 1. The highest BCUT2D eigenvalue weighted by atomic mass is 16.2. The highest BCUT2D eigenvalue weighted by Gasteiger charge is 2.27. The van der Waals surface area contributed by atoms with Crippen LogP contribution >= 0.6 is 0 Å². The Morgan fingerprint density at radius 1 is 1.32 bits per heavy atom. The van der Waals surface area contributed by atoms with Crippen LogP contribution in [0.5, 0.6) is 0 Å². The van der Waals surface area contributed by atoms with Crippen LogP contribution in [-0.4, -0.2) is 30.0 Å². The summed E-state index contributed by atoms with van der Waals surface area (Å²) >= 11 is 0. The number of benzene rings is 1. The molecule has 0 bridgehead atoms. The minimum Gasteiger partial charge on any atom is -0.378 e. The zero-order valence-electron chi connectivity index (χ0n) is 12.6. The van der Waals surface area contributed by atoms with E-state index in [1.54, 1.807) is 6.07 Å². The Morgan fingerprint density at radius 2 is 2.09 bits per heavy atom. The SMILES string of the molecule is CN(C)c1cccc(NC(=O)c2cc(=O)[nH]c(C3CC3)n2)c1. The molecule has 1 aromatic heterocycles. The van der Waals surface area contributed by atoms with Gasteiger partial charge < -0.3 is 15.2 Å². The van der Waals surface area contributed by atoms with Gasteiger partial charge in [-0.1, -0.05) is 6.07 Å². The molecule has 2 aromatic rings. The zero-order chi connectivity index (χ0) is 15.7. The van der Waals surface area contributed by atoms with Crippen LogP contribution in [0, 0.1) is 0 Å². The molecule has 2 N–H and O–H groups in total. The molecule has 6 heteroatoms. The summed E-state index contributed by atoms with van der Waals surface area (Å²) in [6, 6.07) is 8.72. The Balaban J connectivity index is 1.82. The molecule has 0 unspecified atom stereocenters. The topological polar surface area (TPSA) is 78.1 Å². The van der Waals surface area contributed by atoms with Gasteiger partial charge >= 0.3 is 0 Å². The van der Waals surface area contributed by atoms with Gasteiger partial charge in [0.25, 0.3) is 11.5 Å². The van der Waals surface area contributed by atoms with Crippen molar-refractivity contribution < 1.29 is 4.79 Å². The van der Waals surface area contributed by atoms with E-state index in [1.807, 2.05) is 37.2 Å². The first-order chi connectivity index (χ1) is 10.5. The quantitative estimate of drug-likeness (QED) is 0.904. The standard InChI is InChI=1S/C16H18N4O2/c1-20(2)12-5-3-4-11(8-12)17-16(22)13-9-14(21)19-15(18-13)10-6-7-10/h3-5,8-10H,6-7H2,1-2H3,(H,17,22)(H,18,19,21). The van der Waals surface area contributed by atoms with Crippen molar-refractivity contribution in [1.29, 1.82) is 0 Å². The Bertz CT molecular complexity index is 763. The molecule has 0 radical (unpaired) electrons. The number of nitrogens with one attached hydrogen (secondary N) is 2. The van der Waals surface area contributed by atoms with E-state index in [4.69, 9.17) is 0 Å². The third kappa shape index (κ3) is 3.16. The number of carbonyl (C=O) groups excluding carboxylic acids is 1. The number of amides is 1. The summed E-state index contributed by atoms with van der Waals surface area (Å²) in [6.45, 7) is 0. The molecule has 0 aliphatic heterocycles. The average molecular weight is 298 g/mol. The number of aromatic nitrogens is 2. The molecule has 1 aliphatic rings. The normalized spacial score (nSPS) is 13.7. The molecule has 3 rings (SSSR count). The lowest BCUT2D eigenvalue weighted by molar-refractivity contribution is 0.102. The van der Waals surface area contributed by atoms with Crippen LogP contribution in [-0.2, 0) is 0 Å². The second-order valence-corrected chi connectivity index (χ2v) is 5.69. The molecular weight excluding hydrogens is 280 g/mol. The molecule has 1 saturated carbocycles. The number of H-pyrrole nitrogens is 1. The average Bonchev–Trinajstić information content (AvgIpc) is 3.31. The van der Waals surface area contributed by atoms with Crippen molar-refractivity contribution in [3.63, 3.8) is 0 Å². The van der Waals surface area contributed by atoms with Crippen molar-refractivity contribution in [1.82, 2.24) is 9.97 Å². The number of aromatic amines is 1. The molecule has 1 aromatic carbocycles. The van der Waals surface area contributed by atoms with Crippen LogP contribution in [0.25, 0.3) is 0 Å². The summed E-state index contributed by atoms with van der Waals surface area (Å²) in [5, 5.41) is 2.79. The Labute approximate surface area is 128 Å². The maximum atomic E-state index is 12.3. The van der Waals surface area contributed by atoms with Gasteiger partial charge in [0.15, 0.2) is 0 Å². The number of anilines is 2. The molecule has 1 heterocycles. The monoisotopic (exact) mass is 298 g/mol. The number of nitrogens with zero attached hydrogens (tertiary/aromatic N) is 2. The molecule has 114 valence electrons. The molecule has 6 nitrogen and oxygen atoms in total. The third-order valence-corrected chi connectivity index (χ3v) is 3.58. The van der Waals surface area contributed by atoms with Crippen LogP contribution < -0.4 is 15.8 Å². The fraction of sp³-hybridized carbons (Fsp3) is 0.312. The highest BCUT2D eigenvalue weighted by Crippen LogP contribution is 2.37. The lowest BCUT2D eigenvalue weighted by Gasteiger charge is -2.14. The van der Waals surface area contributed by atoms with Crippen molar-refractivity contribution in [3.8, 4) is 0 Å². The van der Waals surface area contributed by atoms with Crippen LogP contribution in [0.1, 0.15) is 35.1 Å². The van der Waals surface area contributed by atoms with Gasteiger partial charge in [0.1, 0.15) is 11.5 Å². The molecule has 1 fully saturated rings. The van der Waals surface area contributed by atoms with E-state index < -0.39 is 0 Å². The van der Waals surface area contributed by atoms with Gasteiger partial charge in [-0.05, 0) is 31.0 Å². The molecule has 0 saturated heterocycles. The van der Waals surface area contributed by atoms with Gasteiger partial charge in [-0.3, -0.25) is 9.59 Å². The van der Waals surface area contributed by atoms with E-state index in [0.29, 0.717) is 11.5 Å². The lowest BCUT2D eigenvalue weighted by Crippen LogP contribution is -2.20. The van der Waals surface area contributed by atoms with E-state index in [9.17, 15) is 9.59 Å². The van der Waals surface area contributed by atoms with E-state index in [0.717, 1.165) is 18.5 Å². The van der Waals surface area contributed by atoms with Crippen molar-refractivity contribution >= 4 is 17.3 Å². The molecule has 22 heavy (non-hydrogen) atoms. The van der Waals surface area contributed by atoms with Crippen LogP contribution in [0.2, 0.25) is 0 Å². The van der Waals surface area contributed by atoms with Crippen molar-refractivity contribution in [2.75, 3.05) is 24.3 Å². The van der Waals surface area contributed by atoms with Crippen molar-refractivity contribution in [2.45, 2.75) is 18.8 Å². The maximum absolute atomic E-state index is 12.3.